The minimum absolute atomic E-state index is 0.136. The Morgan fingerprint density at radius 3 is 2.50 bits per heavy atom. The minimum atomic E-state index is -0.136. The van der Waals surface area contributed by atoms with Gasteiger partial charge in [-0.3, -0.25) is 0 Å². The largest absolute Gasteiger partial charge is 0.314 e. The number of halogens is 1. The van der Waals surface area contributed by atoms with Gasteiger partial charge in [-0.05, 0) is 55.3 Å². The highest BCUT2D eigenvalue weighted by Crippen LogP contribution is 2.33. The van der Waals surface area contributed by atoms with Crippen LogP contribution in [0.2, 0.25) is 0 Å². The van der Waals surface area contributed by atoms with Crippen molar-refractivity contribution in [2.45, 2.75) is 45.6 Å². The van der Waals surface area contributed by atoms with Gasteiger partial charge in [0, 0.05) is 6.04 Å². The molecule has 0 spiro atoms. The number of hydrogen-bond donors (Lipinski definition) is 1. The van der Waals surface area contributed by atoms with E-state index in [2.05, 4.69) is 19.2 Å². The third-order valence-electron chi connectivity index (χ3n) is 4.02. The Bertz CT molecular complexity index is 358. The number of rotatable bonds is 5. The molecule has 0 radical (unpaired) electrons. The molecular weight excluding hydrogens is 225 g/mol. The zero-order chi connectivity index (χ0) is 13.0. The van der Waals surface area contributed by atoms with Crippen molar-refractivity contribution in [2.75, 3.05) is 6.54 Å². The maximum atomic E-state index is 12.9. The lowest BCUT2D eigenvalue weighted by Crippen LogP contribution is -2.31. The van der Waals surface area contributed by atoms with Crippen molar-refractivity contribution in [3.63, 3.8) is 0 Å². The lowest BCUT2D eigenvalue weighted by Gasteiger charge is -2.21. The van der Waals surface area contributed by atoms with Crippen LogP contribution >= 0.6 is 0 Å². The number of hydrogen-bond acceptors (Lipinski definition) is 1. The molecule has 18 heavy (non-hydrogen) atoms. The topological polar surface area (TPSA) is 12.0 Å². The average Bonchev–Trinajstić information content (AvgIpc) is 2.77. The van der Waals surface area contributed by atoms with E-state index >= 15 is 0 Å². The van der Waals surface area contributed by atoms with E-state index in [1.165, 1.54) is 24.8 Å². The standard InChI is InChI=1S/C16H24FN/c1-12(2)18-11-15-5-3-4-14(15)10-13-6-8-16(17)9-7-13/h6-9,12,14-15,18H,3-5,10-11H2,1-2H3. The van der Waals surface area contributed by atoms with E-state index in [0.717, 1.165) is 24.8 Å². The van der Waals surface area contributed by atoms with Crippen molar-refractivity contribution < 1.29 is 4.39 Å². The van der Waals surface area contributed by atoms with Crippen molar-refractivity contribution in [3.8, 4) is 0 Å². The quantitative estimate of drug-likeness (QED) is 0.837. The van der Waals surface area contributed by atoms with Gasteiger partial charge >= 0.3 is 0 Å². The third kappa shape index (κ3) is 3.81. The van der Waals surface area contributed by atoms with E-state index in [0.29, 0.717) is 6.04 Å². The van der Waals surface area contributed by atoms with Crippen LogP contribution in [0.5, 0.6) is 0 Å². The van der Waals surface area contributed by atoms with Crippen LogP contribution in [0, 0.1) is 17.7 Å². The Balaban J connectivity index is 1.89. The number of nitrogens with one attached hydrogen (secondary N) is 1. The van der Waals surface area contributed by atoms with Crippen LogP contribution in [0.3, 0.4) is 0 Å². The van der Waals surface area contributed by atoms with Crippen LogP contribution < -0.4 is 5.32 Å². The first-order chi connectivity index (χ1) is 8.65. The predicted octanol–water partition coefficient (Wildman–Crippen LogP) is 3.78. The summed E-state index contributed by atoms with van der Waals surface area (Å²) in [7, 11) is 0. The molecule has 0 amide bonds. The van der Waals surface area contributed by atoms with Crippen LogP contribution in [-0.2, 0) is 6.42 Å². The third-order valence-corrected chi connectivity index (χ3v) is 4.02. The van der Waals surface area contributed by atoms with Crippen molar-refractivity contribution in [2.24, 2.45) is 11.8 Å². The van der Waals surface area contributed by atoms with Gasteiger partial charge in [0.1, 0.15) is 5.82 Å². The number of benzene rings is 1. The summed E-state index contributed by atoms with van der Waals surface area (Å²) in [5, 5.41) is 3.55. The fourth-order valence-corrected chi connectivity index (χ4v) is 2.96. The molecule has 1 aliphatic carbocycles. The lowest BCUT2D eigenvalue weighted by molar-refractivity contribution is 0.354. The van der Waals surface area contributed by atoms with Crippen molar-refractivity contribution in [3.05, 3.63) is 35.6 Å². The molecule has 2 unspecified atom stereocenters. The maximum absolute atomic E-state index is 12.9. The van der Waals surface area contributed by atoms with Gasteiger partial charge in [-0.1, -0.05) is 32.4 Å². The molecule has 1 fully saturated rings. The van der Waals surface area contributed by atoms with E-state index in [-0.39, 0.29) is 5.82 Å². The van der Waals surface area contributed by atoms with Gasteiger partial charge in [-0.15, -0.1) is 0 Å². The van der Waals surface area contributed by atoms with Crippen molar-refractivity contribution in [1.29, 1.82) is 0 Å². The summed E-state index contributed by atoms with van der Waals surface area (Å²) in [5.74, 6) is 1.42. The van der Waals surface area contributed by atoms with Gasteiger partial charge in [0.15, 0.2) is 0 Å². The first-order valence-corrected chi connectivity index (χ1v) is 7.13. The van der Waals surface area contributed by atoms with E-state index in [1.807, 2.05) is 12.1 Å². The molecule has 1 saturated carbocycles. The summed E-state index contributed by atoms with van der Waals surface area (Å²) in [6, 6.07) is 7.58. The monoisotopic (exact) mass is 249 g/mol. The molecule has 1 N–H and O–H groups in total. The molecule has 100 valence electrons. The van der Waals surface area contributed by atoms with Crippen LogP contribution in [0.4, 0.5) is 4.39 Å². The van der Waals surface area contributed by atoms with Gasteiger partial charge in [0.25, 0.3) is 0 Å². The van der Waals surface area contributed by atoms with Crippen LogP contribution in [0.15, 0.2) is 24.3 Å². The first kappa shape index (κ1) is 13.5. The summed E-state index contributed by atoms with van der Waals surface area (Å²) in [4.78, 5) is 0. The molecule has 1 aromatic carbocycles. The van der Waals surface area contributed by atoms with Crippen LogP contribution in [-0.4, -0.2) is 12.6 Å². The summed E-state index contributed by atoms with van der Waals surface area (Å²) in [6.45, 7) is 5.53. The second kappa shape index (κ2) is 6.33. The van der Waals surface area contributed by atoms with Gasteiger partial charge in [-0.2, -0.15) is 0 Å². The summed E-state index contributed by atoms with van der Waals surface area (Å²) >= 11 is 0. The van der Waals surface area contributed by atoms with Crippen molar-refractivity contribution in [1.82, 2.24) is 5.32 Å². The molecule has 1 aromatic rings. The second-order valence-electron chi connectivity index (χ2n) is 5.84. The normalized spacial score (nSPS) is 23.8. The van der Waals surface area contributed by atoms with Gasteiger partial charge < -0.3 is 5.32 Å². The molecule has 2 rings (SSSR count). The minimum Gasteiger partial charge on any atom is -0.314 e. The zero-order valence-electron chi connectivity index (χ0n) is 11.5. The SMILES string of the molecule is CC(C)NCC1CCCC1Cc1ccc(F)cc1. The molecular formula is C16H24FN. The van der Waals surface area contributed by atoms with E-state index in [9.17, 15) is 4.39 Å². The van der Waals surface area contributed by atoms with E-state index in [1.54, 1.807) is 12.1 Å². The highest BCUT2D eigenvalue weighted by Gasteiger charge is 2.27. The van der Waals surface area contributed by atoms with Crippen LogP contribution in [0.1, 0.15) is 38.7 Å². The Labute approximate surface area is 110 Å². The van der Waals surface area contributed by atoms with E-state index < -0.39 is 0 Å². The molecule has 0 aromatic heterocycles. The zero-order valence-corrected chi connectivity index (χ0v) is 11.5. The molecule has 1 aliphatic rings. The highest BCUT2D eigenvalue weighted by atomic mass is 19.1. The van der Waals surface area contributed by atoms with Gasteiger partial charge in [0.05, 0.1) is 0 Å². The fraction of sp³-hybridized carbons (Fsp3) is 0.625. The molecule has 0 saturated heterocycles. The maximum Gasteiger partial charge on any atom is 0.123 e. The Morgan fingerprint density at radius 2 is 1.83 bits per heavy atom. The Morgan fingerprint density at radius 1 is 1.17 bits per heavy atom. The molecule has 2 heteroatoms. The molecule has 1 nitrogen and oxygen atoms in total. The fourth-order valence-electron chi connectivity index (χ4n) is 2.96. The summed E-state index contributed by atoms with van der Waals surface area (Å²) in [6.07, 6.45) is 5.11. The molecule has 0 heterocycles. The molecule has 2 atom stereocenters. The van der Waals surface area contributed by atoms with Crippen LogP contribution in [0.25, 0.3) is 0 Å². The van der Waals surface area contributed by atoms with Gasteiger partial charge in [0.2, 0.25) is 0 Å². The Hall–Kier alpha value is -0.890. The molecule has 0 aliphatic heterocycles. The first-order valence-electron chi connectivity index (χ1n) is 7.13. The summed E-state index contributed by atoms with van der Waals surface area (Å²) < 4.78 is 12.9. The predicted molar refractivity (Wildman–Crippen MR) is 74.1 cm³/mol. The van der Waals surface area contributed by atoms with E-state index in [4.69, 9.17) is 0 Å². The molecule has 0 bridgehead atoms. The average molecular weight is 249 g/mol. The van der Waals surface area contributed by atoms with Gasteiger partial charge in [-0.25, -0.2) is 4.39 Å². The van der Waals surface area contributed by atoms with Crippen molar-refractivity contribution >= 4 is 0 Å². The summed E-state index contributed by atoms with van der Waals surface area (Å²) in [5.41, 5.74) is 1.28. The smallest absolute Gasteiger partial charge is 0.123 e. The highest BCUT2D eigenvalue weighted by molar-refractivity contribution is 5.17. The second-order valence-corrected chi connectivity index (χ2v) is 5.84. The Kier molecular flexibility index (Phi) is 4.76. The lowest BCUT2D eigenvalue weighted by atomic mass is 9.89.